The summed E-state index contributed by atoms with van der Waals surface area (Å²) in [7, 11) is 0. The van der Waals surface area contributed by atoms with E-state index in [4.69, 9.17) is 0 Å². The van der Waals surface area contributed by atoms with E-state index in [0.717, 1.165) is 0 Å². The number of rotatable bonds is 2. The Bertz CT molecular complexity index is 347. The summed E-state index contributed by atoms with van der Waals surface area (Å²) in [5.41, 5.74) is 4.12. The molecule has 1 N–H and O–H groups in total. The zero-order valence-electron chi connectivity index (χ0n) is 8.70. The summed E-state index contributed by atoms with van der Waals surface area (Å²) in [6.45, 7) is 4.53. The summed E-state index contributed by atoms with van der Waals surface area (Å²) in [4.78, 5) is 0. The van der Waals surface area contributed by atoms with Crippen molar-refractivity contribution in [3.8, 4) is 0 Å². The average Bonchev–Trinajstić information content (AvgIpc) is 2.93. The molecule has 0 aliphatic heterocycles. The van der Waals surface area contributed by atoms with Crippen molar-refractivity contribution >= 4 is 0 Å². The van der Waals surface area contributed by atoms with Gasteiger partial charge in [0.15, 0.2) is 0 Å². The standard InChI is InChI=1S/C13H16O/c1-9(2)12-11(8-14)13(12)10-6-4-3-5-7-10/h3-7,11,13-14H,8H2,1-2H3. The number of hydrogen-bond donors (Lipinski definition) is 1. The van der Waals surface area contributed by atoms with Gasteiger partial charge in [0.2, 0.25) is 0 Å². The van der Waals surface area contributed by atoms with E-state index in [2.05, 4.69) is 38.1 Å². The van der Waals surface area contributed by atoms with E-state index in [9.17, 15) is 5.11 Å². The van der Waals surface area contributed by atoms with Gasteiger partial charge in [0.05, 0.1) is 6.61 Å². The molecule has 2 unspecified atom stereocenters. The summed E-state index contributed by atoms with van der Waals surface area (Å²) in [5, 5.41) is 9.22. The van der Waals surface area contributed by atoms with Gasteiger partial charge >= 0.3 is 0 Å². The first kappa shape index (κ1) is 9.47. The monoisotopic (exact) mass is 188 g/mol. The molecule has 0 bridgehead atoms. The second kappa shape index (κ2) is 3.58. The SMILES string of the molecule is CC(C)=C1C(CO)C1c1ccccc1. The van der Waals surface area contributed by atoms with Crippen molar-refractivity contribution in [2.45, 2.75) is 19.8 Å². The highest BCUT2D eigenvalue weighted by Crippen LogP contribution is 2.54. The second-order valence-corrected chi connectivity index (χ2v) is 4.13. The molecule has 1 aromatic carbocycles. The molecule has 0 aromatic heterocycles. The lowest BCUT2D eigenvalue weighted by Gasteiger charge is -1.96. The number of aliphatic hydroxyl groups is 1. The van der Waals surface area contributed by atoms with Gasteiger partial charge in [0.1, 0.15) is 0 Å². The first-order chi connectivity index (χ1) is 6.75. The predicted octanol–water partition coefficient (Wildman–Crippen LogP) is 2.73. The quantitative estimate of drug-likeness (QED) is 0.707. The van der Waals surface area contributed by atoms with Crippen molar-refractivity contribution in [3.05, 3.63) is 47.0 Å². The molecule has 2 atom stereocenters. The molecular weight excluding hydrogens is 172 g/mol. The van der Waals surface area contributed by atoms with Crippen LogP contribution < -0.4 is 0 Å². The molecule has 1 nitrogen and oxygen atoms in total. The Hall–Kier alpha value is -1.08. The van der Waals surface area contributed by atoms with E-state index in [1.165, 1.54) is 16.7 Å². The van der Waals surface area contributed by atoms with Crippen molar-refractivity contribution in [1.29, 1.82) is 0 Å². The molecule has 74 valence electrons. The van der Waals surface area contributed by atoms with Gasteiger partial charge in [-0.25, -0.2) is 0 Å². The summed E-state index contributed by atoms with van der Waals surface area (Å²) in [6, 6.07) is 10.4. The molecule has 1 fully saturated rings. The van der Waals surface area contributed by atoms with Crippen molar-refractivity contribution in [3.63, 3.8) is 0 Å². The van der Waals surface area contributed by atoms with Crippen LogP contribution in [0.2, 0.25) is 0 Å². The Kier molecular flexibility index (Phi) is 2.42. The number of hydrogen-bond acceptors (Lipinski definition) is 1. The number of allylic oxidation sites excluding steroid dienone is 1. The van der Waals surface area contributed by atoms with Crippen LogP contribution in [-0.4, -0.2) is 11.7 Å². The Morgan fingerprint density at radius 1 is 1.21 bits per heavy atom. The van der Waals surface area contributed by atoms with Gasteiger partial charge in [-0.2, -0.15) is 0 Å². The first-order valence-corrected chi connectivity index (χ1v) is 5.08. The minimum atomic E-state index is 0.278. The van der Waals surface area contributed by atoms with Crippen LogP contribution in [0.5, 0.6) is 0 Å². The van der Waals surface area contributed by atoms with Crippen LogP contribution >= 0.6 is 0 Å². The molecule has 0 amide bonds. The Balaban J connectivity index is 2.27. The molecule has 1 aliphatic carbocycles. The second-order valence-electron chi connectivity index (χ2n) is 4.13. The maximum Gasteiger partial charge on any atom is 0.0505 e. The van der Waals surface area contributed by atoms with E-state index < -0.39 is 0 Å². The number of aliphatic hydroxyl groups excluding tert-OH is 1. The van der Waals surface area contributed by atoms with Gasteiger partial charge in [0.25, 0.3) is 0 Å². The van der Waals surface area contributed by atoms with Crippen molar-refractivity contribution in [2.75, 3.05) is 6.61 Å². The van der Waals surface area contributed by atoms with E-state index in [1.54, 1.807) is 0 Å². The van der Waals surface area contributed by atoms with Gasteiger partial charge in [-0.3, -0.25) is 0 Å². The minimum Gasteiger partial charge on any atom is -0.396 e. The van der Waals surface area contributed by atoms with Crippen LogP contribution in [0.15, 0.2) is 41.5 Å². The van der Waals surface area contributed by atoms with Gasteiger partial charge < -0.3 is 5.11 Å². The van der Waals surface area contributed by atoms with E-state index >= 15 is 0 Å². The summed E-state index contributed by atoms with van der Waals surface area (Å²) < 4.78 is 0. The maximum absolute atomic E-state index is 9.22. The zero-order valence-corrected chi connectivity index (χ0v) is 8.70. The summed E-state index contributed by atoms with van der Waals surface area (Å²) >= 11 is 0. The molecule has 1 heteroatoms. The van der Waals surface area contributed by atoms with Crippen LogP contribution in [0.4, 0.5) is 0 Å². The molecule has 0 heterocycles. The normalized spacial score (nSPS) is 24.9. The van der Waals surface area contributed by atoms with Crippen LogP contribution in [0.3, 0.4) is 0 Å². The van der Waals surface area contributed by atoms with Crippen molar-refractivity contribution < 1.29 is 5.11 Å². The van der Waals surface area contributed by atoms with Gasteiger partial charge in [-0.05, 0) is 19.4 Å². The minimum absolute atomic E-state index is 0.278. The van der Waals surface area contributed by atoms with Crippen LogP contribution in [0.25, 0.3) is 0 Å². The highest BCUT2D eigenvalue weighted by molar-refractivity contribution is 5.47. The van der Waals surface area contributed by atoms with Crippen LogP contribution in [0, 0.1) is 5.92 Å². The fraction of sp³-hybridized carbons (Fsp3) is 0.385. The smallest absolute Gasteiger partial charge is 0.0505 e. The fourth-order valence-electron chi connectivity index (χ4n) is 2.28. The van der Waals surface area contributed by atoms with Crippen molar-refractivity contribution in [2.24, 2.45) is 5.92 Å². The van der Waals surface area contributed by atoms with Gasteiger partial charge in [-0.1, -0.05) is 41.5 Å². The highest BCUT2D eigenvalue weighted by Gasteiger charge is 2.44. The predicted molar refractivity (Wildman–Crippen MR) is 58.1 cm³/mol. The lowest BCUT2D eigenvalue weighted by Crippen LogP contribution is -1.87. The lowest BCUT2D eigenvalue weighted by atomic mass is 10.1. The summed E-state index contributed by atoms with van der Waals surface area (Å²) in [6.07, 6.45) is 0. The first-order valence-electron chi connectivity index (χ1n) is 5.08. The van der Waals surface area contributed by atoms with E-state index in [0.29, 0.717) is 11.8 Å². The topological polar surface area (TPSA) is 20.2 Å². The Morgan fingerprint density at radius 2 is 1.86 bits per heavy atom. The van der Waals surface area contributed by atoms with Crippen LogP contribution in [-0.2, 0) is 0 Å². The molecule has 1 aliphatic rings. The van der Waals surface area contributed by atoms with Crippen LogP contribution in [0.1, 0.15) is 25.3 Å². The Morgan fingerprint density at radius 3 is 2.29 bits per heavy atom. The van der Waals surface area contributed by atoms with Crippen molar-refractivity contribution in [1.82, 2.24) is 0 Å². The van der Waals surface area contributed by atoms with Gasteiger partial charge in [-0.15, -0.1) is 0 Å². The van der Waals surface area contributed by atoms with E-state index in [-0.39, 0.29) is 6.61 Å². The van der Waals surface area contributed by atoms with Gasteiger partial charge in [0, 0.05) is 11.8 Å². The molecular formula is C13H16O. The Labute approximate surface area is 85.1 Å². The molecule has 2 rings (SSSR count). The lowest BCUT2D eigenvalue weighted by molar-refractivity contribution is 0.278. The third-order valence-electron chi connectivity index (χ3n) is 2.96. The molecule has 0 saturated heterocycles. The highest BCUT2D eigenvalue weighted by atomic mass is 16.3. The third kappa shape index (κ3) is 1.48. The average molecular weight is 188 g/mol. The largest absolute Gasteiger partial charge is 0.396 e. The number of benzene rings is 1. The maximum atomic E-state index is 9.22. The summed E-state index contributed by atoms with van der Waals surface area (Å²) in [5.74, 6) is 0.855. The molecule has 1 aromatic rings. The molecule has 0 radical (unpaired) electrons. The fourth-order valence-corrected chi connectivity index (χ4v) is 2.28. The zero-order chi connectivity index (χ0) is 10.1. The molecule has 14 heavy (non-hydrogen) atoms. The molecule has 0 spiro atoms. The third-order valence-corrected chi connectivity index (χ3v) is 2.96. The molecule has 1 saturated carbocycles. The van der Waals surface area contributed by atoms with E-state index in [1.807, 2.05) is 6.07 Å².